The summed E-state index contributed by atoms with van der Waals surface area (Å²) < 4.78 is 13.6. The van der Waals surface area contributed by atoms with E-state index in [1.54, 1.807) is 31.3 Å². The first-order valence-electron chi connectivity index (χ1n) is 7.89. The van der Waals surface area contributed by atoms with Crippen LogP contribution in [-0.2, 0) is 18.4 Å². The van der Waals surface area contributed by atoms with Gasteiger partial charge in [0.2, 0.25) is 0 Å². The van der Waals surface area contributed by atoms with Crippen molar-refractivity contribution >= 4 is 17.0 Å². The van der Waals surface area contributed by atoms with Crippen molar-refractivity contribution in [2.45, 2.75) is 19.9 Å². The summed E-state index contributed by atoms with van der Waals surface area (Å²) in [6, 6.07) is 6.92. The fourth-order valence-electron chi connectivity index (χ4n) is 2.34. The molecule has 0 N–H and O–H groups in total. The first kappa shape index (κ1) is 16.7. The standard InChI is InChI=1S/C17H18N4O4/c1-3-8-24-13-6-4-5-7-14(13)25-15(22)10-21-11-18-16-12(17(21)23)9-19-20(16)2/h4-7,9,11H,3,8,10H2,1-2H3. The monoisotopic (exact) mass is 342 g/mol. The molecule has 8 nitrogen and oxygen atoms in total. The van der Waals surface area contributed by atoms with Gasteiger partial charge in [-0.1, -0.05) is 19.1 Å². The second kappa shape index (κ2) is 7.16. The molecule has 0 fully saturated rings. The number of ether oxygens (including phenoxy) is 2. The van der Waals surface area contributed by atoms with Crippen LogP contribution in [-0.4, -0.2) is 31.9 Å². The Morgan fingerprint density at radius 2 is 2.00 bits per heavy atom. The van der Waals surface area contributed by atoms with Crippen LogP contribution in [0.3, 0.4) is 0 Å². The summed E-state index contributed by atoms with van der Waals surface area (Å²) in [6.07, 6.45) is 3.59. The maximum absolute atomic E-state index is 12.4. The lowest BCUT2D eigenvalue weighted by molar-refractivity contribution is -0.135. The molecular formula is C17H18N4O4. The van der Waals surface area contributed by atoms with Gasteiger partial charge in [-0.05, 0) is 18.6 Å². The summed E-state index contributed by atoms with van der Waals surface area (Å²) in [4.78, 5) is 28.7. The van der Waals surface area contributed by atoms with E-state index in [0.717, 1.165) is 6.42 Å². The van der Waals surface area contributed by atoms with E-state index >= 15 is 0 Å². The van der Waals surface area contributed by atoms with Gasteiger partial charge in [-0.2, -0.15) is 5.10 Å². The molecule has 2 heterocycles. The molecule has 0 radical (unpaired) electrons. The van der Waals surface area contributed by atoms with Crippen LogP contribution in [0, 0.1) is 0 Å². The summed E-state index contributed by atoms with van der Waals surface area (Å²) in [6.45, 7) is 2.26. The van der Waals surface area contributed by atoms with E-state index in [9.17, 15) is 9.59 Å². The van der Waals surface area contributed by atoms with Gasteiger partial charge < -0.3 is 9.47 Å². The van der Waals surface area contributed by atoms with Crippen molar-refractivity contribution in [2.75, 3.05) is 6.61 Å². The maximum Gasteiger partial charge on any atom is 0.331 e. The van der Waals surface area contributed by atoms with Gasteiger partial charge in [0, 0.05) is 7.05 Å². The van der Waals surface area contributed by atoms with Gasteiger partial charge in [0.05, 0.1) is 12.8 Å². The topological polar surface area (TPSA) is 88.2 Å². The van der Waals surface area contributed by atoms with Gasteiger partial charge in [0.25, 0.3) is 5.56 Å². The number of carbonyl (C=O) groups is 1. The van der Waals surface area contributed by atoms with Crippen molar-refractivity contribution in [1.29, 1.82) is 0 Å². The number of aryl methyl sites for hydroxylation is 1. The maximum atomic E-state index is 12.4. The molecule has 0 unspecified atom stereocenters. The Hall–Kier alpha value is -3.16. The summed E-state index contributed by atoms with van der Waals surface area (Å²) in [5, 5.41) is 4.34. The minimum atomic E-state index is -0.584. The molecule has 0 spiro atoms. The Labute approximate surface area is 143 Å². The van der Waals surface area contributed by atoms with E-state index in [2.05, 4.69) is 10.1 Å². The molecule has 0 saturated carbocycles. The van der Waals surface area contributed by atoms with E-state index in [0.29, 0.717) is 29.1 Å². The van der Waals surface area contributed by atoms with Crippen molar-refractivity contribution in [3.8, 4) is 11.5 Å². The third-order valence-electron chi connectivity index (χ3n) is 3.55. The molecule has 0 amide bonds. The van der Waals surface area contributed by atoms with Gasteiger partial charge in [-0.3, -0.25) is 14.0 Å². The number of hydrogen-bond donors (Lipinski definition) is 0. The Bertz CT molecular complexity index is 961. The Balaban J connectivity index is 1.77. The highest BCUT2D eigenvalue weighted by atomic mass is 16.6. The number of rotatable bonds is 6. The van der Waals surface area contributed by atoms with E-state index in [-0.39, 0.29) is 12.1 Å². The van der Waals surface area contributed by atoms with E-state index < -0.39 is 5.97 Å². The van der Waals surface area contributed by atoms with Crippen LogP contribution in [0.1, 0.15) is 13.3 Å². The van der Waals surface area contributed by atoms with Crippen LogP contribution in [0.15, 0.2) is 41.6 Å². The zero-order valence-corrected chi connectivity index (χ0v) is 14.0. The van der Waals surface area contributed by atoms with Crippen LogP contribution in [0.5, 0.6) is 11.5 Å². The first-order valence-corrected chi connectivity index (χ1v) is 7.89. The molecule has 3 aromatic rings. The Morgan fingerprint density at radius 1 is 1.24 bits per heavy atom. The third kappa shape index (κ3) is 3.52. The minimum Gasteiger partial charge on any atom is -0.490 e. The predicted octanol–water partition coefficient (Wildman–Crippen LogP) is 1.52. The molecule has 0 aliphatic carbocycles. The normalized spacial score (nSPS) is 10.8. The van der Waals surface area contributed by atoms with Crippen LogP contribution < -0.4 is 15.0 Å². The lowest BCUT2D eigenvalue weighted by Crippen LogP contribution is -2.27. The van der Waals surface area contributed by atoms with Crippen molar-refractivity contribution in [3.63, 3.8) is 0 Å². The second-order valence-electron chi connectivity index (χ2n) is 5.45. The van der Waals surface area contributed by atoms with Crippen molar-refractivity contribution in [1.82, 2.24) is 19.3 Å². The number of fused-ring (bicyclic) bond motifs is 1. The average molecular weight is 342 g/mol. The Morgan fingerprint density at radius 3 is 2.76 bits per heavy atom. The van der Waals surface area contributed by atoms with Crippen LogP contribution in [0.2, 0.25) is 0 Å². The quantitative estimate of drug-likeness (QED) is 0.498. The average Bonchev–Trinajstić information content (AvgIpc) is 2.98. The minimum absolute atomic E-state index is 0.251. The van der Waals surface area contributed by atoms with E-state index in [1.807, 2.05) is 6.92 Å². The molecule has 0 bridgehead atoms. The highest BCUT2D eigenvalue weighted by Crippen LogP contribution is 2.26. The lowest BCUT2D eigenvalue weighted by atomic mass is 10.3. The predicted molar refractivity (Wildman–Crippen MR) is 90.6 cm³/mol. The SMILES string of the molecule is CCCOc1ccccc1OC(=O)Cn1cnc2c(cnn2C)c1=O. The van der Waals surface area contributed by atoms with Gasteiger partial charge >= 0.3 is 5.97 Å². The molecule has 0 aliphatic heterocycles. The molecule has 1 aromatic carbocycles. The zero-order chi connectivity index (χ0) is 17.8. The summed E-state index contributed by atoms with van der Waals surface area (Å²) in [5.41, 5.74) is 0.124. The summed E-state index contributed by atoms with van der Waals surface area (Å²) in [7, 11) is 1.70. The molecule has 0 atom stereocenters. The van der Waals surface area contributed by atoms with Gasteiger partial charge in [0.1, 0.15) is 18.3 Å². The lowest BCUT2D eigenvalue weighted by Gasteiger charge is -2.11. The number of carbonyl (C=O) groups excluding carboxylic acids is 1. The van der Waals surface area contributed by atoms with Crippen molar-refractivity contribution < 1.29 is 14.3 Å². The molecule has 130 valence electrons. The van der Waals surface area contributed by atoms with Gasteiger partial charge in [-0.15, -0.1) is 0 Å². The highest BCUT2D eigenvalue weighted by Gasteiger charge is 2.14. The fraction of sp³-hybridized carbons (Fsp3) is 0.294. The number of para-hydroxylation sites is 2. The molecule has 8 heteroatoms. The zero-order valence-electron chi connectivity index (χ0n) is 14.0. The van der Waals surface area contributed by atoms with E-state index in [4.69, 9.17) is 9.47 Å². The largest absolute Gasteiger partial charge is 0.490 e. The smallest absolute Gasteiger partial charge is 0.331 e. The van der Waals surface area contributed by atoms with Gasteiger partial charge in [-0.25, -0.2) is 9.78 Å². The molecule has 0 saturated heterocycles. The number of benzene rings is 1. The number of esters is 1. The molecular weight excluding hydrogens is 324 g/mol. The van der Waals surface area contributed by atoms with Crippen molar-refractivity contribution in [2.24, 2.45) is 7.05 Å². The fourth-order valence-corrected chi connectivity index (χ4v) is 2.34. The van der Waals surface area contributed by atoms with Crippen LogP contribution in [0.25, 0.3) is 11.0 Å². The third-order valence-corrected chi connectivity index (χ3v) is 3.55. The molecule has 0 aliphatic rings. The van der Waals surface area contributed by atoms with E-state index in [1.165, 1.54) is 21.8 Å². The second-order valence-corrected chi connectivity index (χ2v) is 5.45. The van der Waals surface area contributed by atoms with Crippen LogP contribution >= 0.6 is 0 Å². The number of hydrogen-bond acceptors (Lipinski definition) is 6. The summed E-state index contributed by atoms with van der Waals surface area (Å²) in [5.74, 6) is 0.231. The van der Waals surface area contributed by atoms with Gasteiger partial charge in [0.15, 0.2) is 17.1 Å². The number of nitrogens with zero attached hydrogens (tertiary/aromatic N) is 4. The number of aromatic nitrogens is 4. The van der Waals surface area contributed by atoms with Crippen LogP contribution in [0.4, 0.5) is 0 Å². The highest BCUT2D eigenvalue weighted by molar-refractivity contribution is 5.75. The molecule has 25 heavy (non-hydrogen) atoms. The Kier molecular flexibility index (Phi) is 4.78. The van der Waals surface area contributed by atoms with Crippen molar-refractivity contribution in [3.05, 3.63) is 47.1 Å². The first-order chi connectivity index (χ1) is 12.1. The molecule has 3 rings (SSSR count). The molecule has 2 aromatic heterocycles. The summed E-state index contributed by atoms with van der Waals surface area (Å²) >= 11 is 0.